The molecule has 0 unspecified atom stereocenters. The molecule has 3 aromatic rings. The zero-order chi connectivity index (χ0) is 12.7. The maximum Gasteiger partial charge on any atom is 0.357 e. The van der Waals surface area contributed by atoms with Crippen molar-refractivity contribution < 1.29 is 13.9 Å². The predicted molar refractivity (Wildman–Crippen MR) is 66.5 cm³/mol. The lowest BCUT2D eigenvalue weighted by Gasteiger charge is -2.00. The number of hydrogen-bond acceptors (Lipinski definition) is 4. The van der Waals surface area contributed by atoms with Crippen LogP contribution in [0.5, 0.6) is 0 Å². The Labute approximate surface area is 106 Å². The van der Waals surface area contributed by atoms with Gasteiger partial charge >= 0.3 is 5.97 Å². The molecule has 4 nitrogen and oxygen atoms in total. The Morgan fingerprint density at radius 2 is 2.39 bits per heavy atom. The second kappa shape index (κ2) is 4.06. The number of carbonyl (C=O) groups excluding carboxylic acids is 1. The number of benzene rings is 1. The summed E-state index contributed by atoms with van der Waals surface area (Å²) in [4.78, 5) is 16.6. The van der Waals surface area contributed by atoms with Gasteiger partial charge in [0.15, 0.2) is 10.7 Å². The fraction of sp³-hybridized carbons (Fsp3) is 0.167. The second-order valence-corrected chi connectivity index (χ2v) is 4.71. The van der Waals surface area contributed by atoms with Crippen LogP contribution in [0.3, 0.4) is 0 Å². The Morgan fingerprint density at radius 1 is 1.56 bits per heavy atom. The van der Waals surface area contributed by atoms with Crippen LogP contribution in [-0.2, 0) is 4.74 Å². The summed E-state index contributed by atoms with van der Waals surface area (Å²) in [5.74, 6) is -0.723. The van der Waals surface area contributed by atoms with Crippen LogP contribution in [0, 0.1) is 5.82 Å². The number of nitrogens with zero attached hydrogens (tertiary/aromatic N) is 2. The minimum absolute atomic E-state index is 0.301. The first kappa shape index (κ1) is 11.2. The molecule has 0 aliphatic heterocycles. The number of aromatic nitrogens is 2. The average molecular weight is 264 g/mol. The van der Waals surface area contributed by atoms with Gasteiger partial charge in [0.05, 0.1) is 23.0 Å². The molecule has 2 aromatic heterocycles. The molecule has 0 aliphatic rings. The molecule has 2 heterocycles. The summed E-state index contributed by atoms with van der Waals surface area (Å²) in [7, 11) is 0. The molecule has 0 fully saturated rings. The van der Waals surface area contributed by atoms with E-state index < -0.39 is 5.97 Å². The van der Waals surface area contributed by atoms with E-state index in [9.17, 15) is 9.18 Å². The van der Waals surface area contributed by atoms with Crippen LogP contribution < -0.4 is 0 Å². The maximum absolute atomic E-state index is 13.1. The van der Waals surface area contributed by atoms with Crippen molar-refractivity contribution in [1.29, 1.82) is 0 Å². The topological polar surface area (TPSA) is 43.6 Å². The van der Waals surface area contributed by atoms with E-state index in [1.54, 1.807) is 17.4 Å². The Kier molecular flexibility index (Phi) is 2.52. The summed E-state index contributed by atoms with van der Waals surface area (Å²) < 4.78 is 20.5. The lowest BCUT2D eigenvalue weighted by Crippen LogP contribution is -2.07. The molecule has 0 aliphatic carbocycles. The summed E-state index contributed by atoms with van der Waals surface area (Å²) in [5.41, 5.74) is 1.13. The molecule has 0 bridgehead atoms. The number of halogens is 1. The van der Waals surface area contributed by atoms with Gasteiger partial charge in [0.25, 0.3) is 0 Å². The monoisotopic (exact) mass is 264 g/mol. The fourth-order valence-corrected chi connectivity index (χ4v) is 2.87. The summed E-state index contributed by atoms with van der Waals surface area (Å²) in [6.07, 6.45) is 1.48. The summed E-state index contributed by atoms with van der Waals surface area (Å²) in [5, 5.41) is 0. The zero-order valence-corrected chi connectivity index (χ0v) is 10.3. The normalized spacial score (nSPS) is 11.2. The third kappa shape index (κ3) is 1.57. The minimum Gasteiger partial charge on any atom is -0.461 e. The number of imidazole rings is 1. The molecule has 0 N–H and O–H groups in total. The first-order chi connectivity index (χ1) is 8.70. The van der Waals surface area contributed by atoms with E-state index >= 15 is 0 Å². The molecule has 0 saturated carbocycles. The fourth-order valence-electron chi connectivity index (χ4n) is 1.84. The average Bonchev–Trinajstić information content (AvgIpc) is 2.86. The second-order valence-electron chi connectivity index (χ2n) is 3.70. The molecular weight excluding hydrogens is 255 g/mol. The van der Waals surface area contributed by atoms with Crippen LogP contribution in [-0.4, -0.2) is 22.0 Å². The van der Waals surface area contributed by atoms with Gasteiger partial charge in [-0.2, -0.15) is 0 Å². The number of hydrogen-bond donors (Lipinski definition) is 0. The van der Waals surface area contributed by atoms with Crippen molar-refractivity contribution in [3.05, 3.63) is 35.9 Å². The van der Waals surface area contributed by atoms with Crippen molar-refractivity contribution in [3.63, 3.8) is 0 Å². The van der Waals surface area contributed by atoms with E-state index in [4.69, 9.17) is 4.74 Å². The smallest absolute Gasteiger partial charge is 0.357 e. The Bertz CT molecular complexity index is 747. The molecule has 0 amide bonds. The van der Waals surface area contributed by atoms with Gasteiger partial charge in [-0.3, -0.25) is 4.40 Å². The van der Waals surface area contributed by atoms with Gasteiger partial charge in [0, 0.05) is 0 Å². The lowest BCUT2D eigenvalue weighted by atomic mass is 10.3. The SMILES string of the molecule is CCOC(=O)c1cnc2sc3cc(F)ccc3n12. The van der Waals surface area contributed by atoms with Crippen LogP contribution in [0.2, 0.25) is 0 Å². The van der Waals surface area contributed by atoms with Gasteiger partial charge in [-0.05, 0) is 25.1 Å². The van der Waals surface area contributed by atoms with Crippen molar-refractivity contribution in [2.45, 2.75) is 6.92 Å². The van der Waals surface area contributed by atoms with E-state index in [0.29, 0.717) is 17.3 Å². The van der Waals surface area contributed by atoms with Crippen LogP contribution in [0.4, 0.5) is 4.39 Å². The van der Waals surface area contributed by atoms with E-state index in [0.717, 1.165) is 10.2 Å². The van der Waals surface area contributed by atoms with Crippen molar-refractivity contribution >= 4 is 32.5 Å². The molecule has 0 saturated heterocycles. The molecular formula is C12H9FN2O2S. The van der Waals surface area contributed by atoms with Gasteiger partial charge in [0.1, 0.15) is 5.82 Å². The molecule has 0 atom stereocenters. The van der Waals surface area contributed by atoms with Crippen LogP contribution in [0.15, 0.2) is 24.4 Å². The van der Waals surface area contributed by atoms with E-state index in [2.05, 4.69) is 4.98 Å². The summed E-state index contributed by atoms with van der Waals surface area (Å²) >= 11 is 1.34. The third-order valence-corrected chi connectivity index (χ3v) is 3.60. The standard InChI is InChI=1S/C12H9FN2O2S/c1-2-17-11(16)9-6-14-12-15(9)8-4-3-7(13)5-10(8)18-12/h3-6H,2H2,1H3. The van der Waals surface area contributed by atoms with Crippen molar-refractivity contribution in [3.8, 4) is 0 Å². The number of ether oxygens (including phenoxy) is 1. The largest absolute Gasteiger partial charge is 0.461 e. The molecule has 0 spiro atoms. The summed E-state index contributed by atoms with van der Waals surface area (Å²) in [6.45, 7) is 2.06. The van der Waals surface area contributed by atoms with Crippen LogP contribution >= 0.6 is 11.3 Å². The van der Waals surface area contributed by atoms with E-state index in [1.165, 1.54) is 29.7 Å². The Balaban J connectivity index is 2.28. The molecule has 6 heteroatoms. The highest BCUT2D eigenvalue weighted by Crippen LogP contribution is 2.27. The van der Waals surface area contributed by atoms with Gasteiger partial charge < -0.3 is 4.74 Å². The highest BCUT2D eigenvalue weighted by atomic mass is 32.1. The Hall–Kier alpha value is -1.95. The summed E-state index contributed by atoms with van der Waals surface area (Å²) in [6, 6.07) is 4.44. The molecule has 3 rings (SSSR count). The van der Waals surface area contributed by atoms with E-state index in [1.807, 2.05) is 0 Å². The molecule has 18 heavy (non-hydrogen) atoms. The number of thiazole rings is 1. The van der Waals surface area contributed by atoms with Crippen LogP contribution in [0.1, 0.15) is 17.4 Å². The van der Waals surface area contributed by atoms with Crippen molar-refractivity contribution in [2.75, 3.05) is 6.61 Å². The molecule has 1 aromatic carbocycles. The van der Waals surface area contributed by atoms with Gasteiger partial charge in [-0.15, -0.1) is 0 Å². The van der Waals surface area contributed by atoms with Gasteiger partial charge in [-0.25, -0.2) is 14.2 Å². The third-order valence-electron chi connectivity index (χ3n) is 2.58. The lowest BCUT2D eigenvalue weighted by molar-refractivity contribution is 0.0519. The predicted octanol–water partition coefficient (Wildman–Crippen LogP) is 2.86. The Morgan fingerprint density at radius 3 is 3.17 bits per heavy atom. The van der Waals surface area contributed by atoms with Crippen molar-refractivity contribution in [2.24, 2.45) is 0 Å². The zero-order valence-electron chi connectivity index (χ0n) is 9.51. The quantitative estimate of drug-likeness (QED) is 0.668. The first-order valence-electron chi connectivity index (χ1n) is 5.43. The number of fused-ring (bicyclic) bond motifs is 3. The number of esters is 1. The number of carbonyl (C=O) groups is 1. The van der Waals surface area contributed by atoms with Gasteiger partial charge in [-0.1, -0.05) is 11.3 Å². The molecule has 0 radical (unpaired) electrons. The first-order valence-corrected chi connectivity index (χ1v) is 6.25. The number of rotatable bonds is 2. The maximum atomic E-state index is 13.1. The van der Waals surface area contributed by atoms with Crippen molar-refractivity contribution in [1.82, 2.24) is 9.38 Å². The highest BCUT2D eigenvalue weighted by molar-refractivity contribution is 7.23. The van der Waals surface area contributed by atoms with E-state index in [-0.39, 0.29) is 5.82 Å². The van der Waals surface area contributed by atoms with Gasteiger partial charge in [0.2, 0.25) is 0 Å². The highest BCUT2D eigenvalue weighted by Gasteiger charge is 2.17. The minimum atomic E-state index is -0.422. The van der Waals surface area contributed by atoms with Crippen LogP contribution in [0.25, 0.3) is 15.2 Å². The molecule has 92 valence electrons.